The molecule has 2 aromatic rings. The maximum Gasteiger partial charge on any atom is 0.337 e. The second-order valence-electron chi connectivity index (χ2n) is 5.87. The average Bonchev–Trinajstić information content (AvgIpc) is 2.64. The third-order valence-corrected chi connectivity index (χ3v) is 4.07. The number of benzene rings is 2. The summed E-state index contributed by atoms with van der Waals surface area (Å²) in [6.07, 6.45) is 1.44. The van der Waals surface area contributed by atoms with Gasteiger partial charge in [-0.05, 0) is 30.3 Å². The Labute approximate surface area is 150 Å². The van der Waals surface area contributed by atoms with Crippen molar-refractivity contribution in [3.63, 3.8) is 0 Å². The van der Waals surface area contributed by atoms with E-state index in [1.54, 1.807) is 24.3 Å². The van der Waals surface area contributed by atoms with E-state index in [1.165, 1.54) is 6.08 Å². The third kappa shape index (κ3) is 3.92. The van der Waals surface area contributed by atoms with Crippen molar-refractivity contribution in [1.82, 2.24) is 0 Å². The molecule has 132 valence electrons. The van der Waals surface area contributed by atoms with Gasteiger partial charge in [-0.15, -0.1) is 0 Å². The van der Waals surface area contributed by atoms with Gasteiger partial charge in [-0.3, -0.25) is 4.79 Å². The zero-order valence-corrected chi connectivity index (χ0v) is 13.8. The molecule has 26 heavy (non-hydrogen) atoms. The molecule has 3 rings (SSSR count). The fourth-order valence-corrected chi connectivity index (χ4v) is 2.80. The summed E-state index contributed by atoms with van der Waals surface area (Å²) in [5.41, 5.74) is 2.17. The van der Waals surface area contributed by atoms with Gasteiger partial charge in [0.25, 0.3) is 0 Å². The van der Waals surface area contributed by atoms with Gasteiger partial charge < -0.3 is 20.8 Å². The van der Waals surface area contributed by atoms with Crippen LogP contribution in [0.25, 0.3) is 0 Å². The monoisotopic (exact) mass is 350 g/mol. The van der Waals surface area contributed by atoms with Crippen LogP contribution in [0.2, 0.25) is 0 Å². The molecular formula is C20H18N2O4. The number of anilines is 2. The molecule has 2 aromatic carbocycles. The van der Waals surface area contributed by atoms with E-state index in [4.69, 9.17) is 0 Å². The molecule has 0 aromatic heterocycles. The summed E-state index contributed by atoms with van der Waals surface area (Å²) in [5.74, 6) is -3.00. The first kappa shape index (κ1) is 17.3. The van der Waals surface area contributed by atoms with E-state index in [2.05, 4.69) is 10.6 Å². The van der Waals surface area contributed by atoms with Gasteiger partial charge in [0, 0.05) is 29.2 Å². The number of rotatable bonds is 6. The van der Waals surface area contributed by atoms with Gasteiger partial charge in [0.15, 0.2) is 0 Å². The van der Waals surface area contributed by atoms with Crippen molar-refractivity contribution in [2.75, 3.05) is 10.6 Å². The Morgan fingerprint density at radius 2 is 1.38 bits per heavy atom. The van der Waals surface area contributed by atoms with Gasteiger partial charge in [0.1, 0.15) is 5.92 Å². The van der Waals surface area contributed by atoms with E-state index in [0.29, 0.717) is 22.8 Å². The second kappa shape index (κ2) is 7.57. The molecular weight excluding hydrogens is 332 g/mol. The summed E-state index contributed by atoms with van der Waals surface area (Å²) in [5, 5.41) is 25.3. The van der Waals surface area contributed by atoms with Crippen molar-refractivity contribution < 1.29 is 19.8 Å². The van der Waals surface area contributed by atoms with E-state index >= 15 is 0 Å². The molecule has 0 radical (unpaired) electrons. The molecule has 0 saturated carbocycles. The second-order valence-corrected chi connectivity index (χ2v) is 5.87. The first-order chi connectivity index (χ1) is 12.5. The van der Waals surface area contributed by atoms with Gasteiger partial charge >= 0.3 is 11.9 Å². The SMILES string of the molecule is O=C(O)C1=C(Nc2ccccc2)CC(C(=O)O)C(Nc2ccccc2)=C1. The zero-order valence-electron chi connectivity index (χ0n) is 13.8. The molecule has 0 fully saturated rings. The molecule has 1 unspecified atom stereocenters. The lowest BCUT2D eigenvalue weighted by Gasteiger charge is -2.26. The van der Waals surface area contributed by atoms with Crippen LogP contribution in [-0.4, -0.2) is 22.2 Å². The number of carboxylic acids is 2. The smallest absolute Gasteiger partial charge is 0.337 e. The number of carbonyl (C=O) groups is 2. The number of para-hydroxylation sites is 2. The highest BCUT2D eigenvalue weighted by Crippen LogP contribution is 2.31. The lowest BCUT2D eigenvalue weighted by Crippen LogP contribution is -2.28. The quantitative estimate of drug-likeness (QED) is 0.636. The van der Waals surface area contributed by atoms with Crippen LogP contribution in [0, 0.1) is 5.92 Å². The highest BCUT2D eigenvalue weighted by molar-refractivity contribution is 5.93. The minimum Gasteiger partial charge on any atom is -0.481 e. The van der Waals surface area contributed by atoms with Crippen LogP contribution < -0.4 is 10.6 Å². The highest BCUT2D eigenvalue weighted by atomic mass is 16.4. The fourth-order valence-electron chi connectivity index (χ4n) is 2.80. The summed E-state index contributed by atoms with van der Waals surface area (Å²) < 4.78 is 0. The third-order valence-electron chi connectivity index (χ3n) is 4.07. The summed E-state index contributed by atoms with van der Waals surface area (Å²) in [6, 6.07) is 18.1. The number of hydrogen-bond acceptors (Lipinski definition) is 4. The van der Waals surface area contributed by atoms with E-state index in [1.807, 2.05) is 36.4 Å². The Bertz CT molecular complexity index is 873. The topological polar surface area (TPSA) is 98.7 Å². The Hall–Kier alpha value is -3.54. The Morgan fingerprint density at radius 3 is 1.88 bits per heavy atom. The number of carboxylic acid groups (broad SMARTS) is 2. The predicted molar refractivity (Wildman–Crippen MR) is 98.6 cm³/mol. The Balaban J connectivity index is 1.97. The van der Waals surface area contributed by atoms with Crippen molar-refractivity contribution in [1.29, 1.82) is 0 Å². The largest absolute Gasteiger partial charge is 0.481 e. The number of allylic oxidation sites excluding steroid dienone is 1. The molecule has 0 heterocycles. The summed E-state index contributed by atoms with van der Waals surface area (Å²) in [4.78, 5) is 23.5. The molecule has 6 heteroatoms. The first-order valence-corrected chi connectivity index (χ1v) is 8.09. The summed E-state index contributed by atoms with van der Waals surface area (Å²) in [6.45, 7) is 0. The van der Waals surface area contributed by atoms with Gasteiger partial charge in [0.05, 0.1) is 5.57 Å². The predicted octanol–water partition coefficient (Wildman–Crippen LogP) is 3.54. The molecule has 6 nitrogen and oxygen atoms in total. The van der Waals surface area contributed by atoms with Crippen LogP contribution in [-0.2, 0) is 9.59 Å². The van der Waals surface area contributed by atoms with Gasteiger partial charge in [0.2, 0.25) is 0 Å². The van der Waals surface area contributed by atoms with Crippen molar-refractivity contribution in [3.05, 3.63) is 83.7 Å². The molecule has 0 aliphatic heterocycles. The molecule has 0 saturated heterocycles. The van der Waals surface area contributed by atoms with Gasteiger partial charge in [-0.1, -0.05) is 36.4 Å². The number of hydrogen-bond donors (Lipinski definition) is 4. The van der Waals surface area contributed by atoms with Crippen molar-refractivity contribution in [3.8, 4) is 0 Å². The lowest BCUT2D eigenvalue weighted by atomic mass is 9.89. The first-order valence-electron chi connectivity index (χ1n) is 8.09. The zero-order chi connectivity index (χ0) is 18.5. The van der Waals surface area contributed by atoms with E-state index in [-0.39, 0.29) is 12.0 Å². The standard InChI is InChI=1S/C20H18N2O4/c23-19(24)15-12-18(22-14-9-5-2-6-10-14)16(20(25)26)11-17(15)21-13-7-3-1-4-8-13/h1-11,15,21-22H,12H2,(H,23,24)(H,25,26). The van der Waals surface area contributed by atoms with Crippen LogP contribution >= 0.6 is 0 Å². The van der Waals surface area contributed by atoms with Crippen molar-refractivity contribution in [2.24, 2.45) is 5.92 Å². The van der Waals surface area contributed by atoms with Crippen LogP contribution in [0.3, 0.4) is 0 Å². The normalized spacial score (nSPS) is 16.6. The highest BCUT2D eigenvalue weighted by Gasteiger charge is 2.31. The minimum absolute atomic E-state index is 0.0461. The van der Waals surface area contributed by atoms with E-state index in [9.17, 15) is 19.8 Å². The average molecular weight is 350 g/mol. The maximum atomic E-state index is 11.8. The summed E-state index contributed by atoms with van der Waals surface area (Å²) >= 11 is 0. The van der Waals surface area contributed by atoms with Crippen molar-refractivity contribution in [2.45, 2.75) is 6.42 Å². The molecule has 1 aliphatic rings. The van der Waals surface area contributed by atoms with E-state index < -0.39 is 17.9 Å². The van der Waals surface area contributed by atoms with Gasteiger partial charge in [-0.2, -0.15) is 0 Å². The van der Waals surface area contributed by atoms with Crippen LogP contribution in [0.4, 0.5) is 11.4 Å². The van der Waals surface area contributed by atoms with Crippen LogP contribution in [0.15, 0.2) is 83.7 Å². The number of aliphatic carboxylic acids is 2. The van der Waals surface area contributed by atoms with Crippen molar-refractivity contribution >= 4 is 23.3 Å². The summed E-state index contributed by atoms with van der Waals surface area (Å²) in [7, 11) is 0. The molecule has 1 aliphatic carbocycles. The molecule has 4 N–H and O–H groups in total. The van der Waals surface area contributed by atoms with Crippen LogP contribution in [0.5, 0.6) is 0 Å². The lowest BCUT2D eigenvalue weighted by molar-refractivity contribution is -0.140. The minimum atomic E-state index is -1.11. The molecule has 0 spiro atoms. The molecule has 0 amide bonds. The van der Waals surface area contributed by atoms with E-state index in [0.717, 1.165) is 0 Å². The Kier molecular flexibility index (Phi) is 5.03. The van der Waals surface area contributed by atoms with Gasteiger partial charge in [-0.25, -0.2) is 4.79 Å². The molecule has 0 bridgehead atoms. The maximum absolute atomic E-state index is 11.8. The Morgan fingerprint density at radius 1 is 0.846 bits per heavy atom. The molecule has 1 atom stereocenters. The van der Waals surface area contributed by atoms with Crippen LogP contribution in [0.1, 0.15) is 6.42 Å². The number of nitrogens with one attached hydrogen (secondary N) is 2. The fraction of sp³-hybridized carbons (Fsp3) is 0.100.